The van der Waals surface area contributed by atoms with E-state index in [-0.39, 0.29) is 5.91 Å². The standard InChI is InChI=1S/C23H17N3O3S/c27-23(26(9-17-11-28-14-24-17)10-18-12-29-15-25-18)22-6-2-4-20-19(3-1-5-21(20)22)16-7-8-30-13-16/h1-8,11-15H,9-10H2. The minimum Gasteiger partial charge on any atom is -0.451 e. The summed E-state index contributed by atoms with van der Waals surface area (Å²) >= 11 is 1.66. The molecule has 0 N–H and O–H groups in total. The van der Waals surface area contributed by atoms with Gasteiger partial charge in [0.1, 0.15) is 12.5 Å². The van der Waals surface area contributed by atoms with Crippen LogP contribution >= 0.6 is 11.3 Å². The minimum atomic E-state index is -0.103. The van der Waals surface area contributed by atoms with Crippen LogP contribution in [0.3, 0.4) is 0 Å². The highest BCUT2D eigenvalue weighted by atomic mass is 32.1. The van der Waals surface area contributed by atoms with Gasteiger partial charge in [-0.3, -0.25) is 4.79 Å². The van der Waals surface area contributed by atoms with Crippen molar-refractivity contribution in [3.8, 4) is 11.1 Å². The van der Waals surface area contributed by atoms with Crippen LogP contribution in [0.15, 0.2) is 87.4 Å². The molecule has 0 bridgehead atoms. The van der Waals surface area contributed by atoms with Crippen LogP contribution < -0.4 is 0 Å². The molecule has 5 rings (SSSR count). The molecule has 5 aromatic rings. The lowest BCUT2D eigenvalue weighted by Crippen LogP contribution is -2.30. The van der Waals surface area contributed by atoms with Gasteiger partial charge in [-0.05, 0) is 44.8 Å². The molecule has 3 aromatic heterocycles. The Bertz CT molecular complexity index is 1230. The Morgan fingerprint density at radius 2 is 1.60 bits per heavy atom. The SMILES string of the molecule is O=C(c1cccc2c(-c3ccsc3)cccc12)N(Cc1cocn1)Cc1cocn1. The van der Waals surface area contributed by atoms with E-state index in [2.05, 4.69) is 38.9 Å². The number of fused-ring (bicyclic) bond motifs is 1. The van der Waals surface area contributed by atoms with Gasteiger partial charge >= 0.3 is 0 Å². The molecule has 30 heavy (non-hydrogen) atoms. The molecule has 0 spiro atoms. The molecule has 0 saturated carbocycles. The van der Waals surface area contributed by atoms with Crippen LogP contribution in [0.25, 0.3) is 21.9 Å². The topological polar surface area (TPSA) is 72.4 Å². The molecule has 7 heteroatoms. The second kappa shape index (κ2) is 7.96. The number of rotatable bonds is 6. The van der Waals surface area contributed by atoms with Crippen molar-refractivity contribution in [2.75, 3.05) is 0 Å². The molecule has 0 unspecified atom stereocenters. The Kier molecular flexibility index (Phi) is 4.86. The zero-order valence-corrected chi connectivity index (χ0v) is 16.7. The number of amides is 1. The number of thiophene rings is 1. The van der Waals surface area contributed by atoms with Gasteiger partial charge in [-0.2, -0.15) is 11.3 Å². The van der Waals surface area contributed by atoms with E-state index in [9.17, 15) is 4.79 Å². The van der Waals surface area contributed by atoms with Gasteiger partial charge in [0.2, 0.25) is 0 Å². The predicted molar refractivity (Wildman–Crippen MR) is 114 cm³/mol. The van der Waals surface area contributed by atoms with Crippen molar-refractivity contribution in [2.24, 2.45) is 0 Å². The van der Waals surface area contributed by atoms with Crippen molar-refractivity contribution in [3.05, 3.63) is 95.5 Å². The number of carbonyl (C=O) groups is 1. The van der Waals surface area contributed by atoms with Gasteiger partial charge in [-0.15, -0.1) is 0 Å². The van der Waals surface area contributed by atoms with Gasteiger partial charge in [0, 0.05) is 5.56 Å². The van der Waals surface area contributed by atoms with Gasteiger partial charge < -0.3 is 13.7 Å². The first-order valence-corrected chi connectivity index (χ1v) is 10.3. The molecule has 6 nitrogen and oxygen atoms in total. The van der Waals surface area contributed by atoms with Crippen LogP contribution in [0, 0.1) is 0 Å². The first kappa shape index (κ1) is 18.3. The van der Waals surface area contributed by atoms with Crippen LogP contribution in [-0.4, -0.2) is 20.8 Å². The molecule has 3 heterocycles. The number of hydrogen-bond acceptors (Lipinski definition) is 6. The number of hydrogen-bond donors (Lipinski definition) is 0. The summed E-state index contributed by atoms with van der Waals surface area (Å²) in [5.74, 6) is -0.103. The van der Waals surface area contributed by atoms with Crippen molar-refractivity contribution >= 4 is 28.0 Å². The molecule has 148 valence electrons. The van der Waals surface area contributed by atoms with Crippen molar-refractivity contribution in [1.82, 2.24) is 14.9 Å². The maximum atomic E-state index is 13.6. The van der Waals surface area contributed by atoms with Crippen molar-refractivity contribution in [2.45, 2.75) is 13.1 Å². The fraction of sp³-hybridized carbons (Fsp3) is 0.0870. The summed E-state index contributed by atoms with van der Waals surface area (Å²) in [7, 11) is 0. The molecular formula is C23H17N3O3S. The molecule has 0 radical (unpaired) electrons. The first-order chi connectivity index (χ1) is 14.8. The summed E-state index contributed by atoms with van der Waals surface area (Å²) in [4.78, 5) is 23.7. The predicted octanol–water partition coefficient (Wildman–Crippen LogP) is 5.39. The van der Waals surface area contributed by atoms with Crippen LogP contribution in [0.2, 0.25) is 0 Å². The van der Waals surface area contributed by atoms with E-state index in [1.54, 1.807) is 28.8 Å². The van der Waals surface area contributed by atoms with E-state index in [0.717, 1.165) is 21.9 Å². The van der Waals surface area contributed by atoms with Gasteiger partial charge in [-0.25, -0.2) is 9.97 Å². The van der Waals surface area contributed by atoms with Gasteiger partial charge in [0.25, 0.3) is 5.91 Å². The first-order valence-electron chi connectivity index (χ1n) is 9.37. The van der Waals surface area contributed by atoms with Crippen molar-refractivity contribution in [1.29, 1.82) is 0 Å². The van der Waals surface area contributed by atoms with Crippen LogP contribution in [-0.2, 0) is 13.1 Å². The molecule has 1 amide bonds. The lowest BCUT2D eigenvalue weighted by atomic mass is 9.96. The highest BCUT2D eigenvalue weighted by molar-refractivity contribution is 7.08. The van der Waals surface area contributed by atoms with Crippen molar-refractivity contribution < 1.29 is 13.6 Å². The van der Waals surface area contributed by atoms with Crippen LogP contribution in [0.1, 0.15) is 21.7 Å². The van der Waals surface area contributed by atoms with E-state index in [1.807, 2.05) is 24.3 Å². The highest BCUT2D eigenvalue weighted by Crippen LogP contribution is 2.32. The van der Waals surface area contributed by atoms with Crippen molar-refractivity contribution in [3.63, 3.8) is 0 Å². The fourth-order valence-corrected chi connectivity index (χ4v) is 4.21. The third kappa shape index (κ3) is 3.51. The molecule has 0 aliphatic heterocycles. The zero-order chi connectivity index (χ0) is 20.3. The smallest absolute Gasteiger partial charge is 0.255 e. The maximum absolute atomic E-state index is 13.6. The van der Waals surface area contributed by atoms with E-state index in [4.69, 9.17) is 8.83 Å². The second-order valence-corrected chi connectivity index (χ2v) is 7.62. The number of oxazole rings is 2. The van der Waals surface area contributed by atoms with Crippen LogP contribution in [0.4, 0.5) is 0 Å². The molecule has 0 aliphatic rings. The van der Waals surface area contributed by atoms with E-state index < -0.39 is 0 Å². The summed E-state index contributed by atoms with van der Waals surface area (Å²) in [5, 5.41) is 6.13. The summed E-state index contributed by atoms with van der Waals surface area (Å²) in [6.07, 6.45) is 5.81. The summed E-state index contributed by atoms with van der Waals surface area (Å²) < 4.78 is 10.2. The number of aromatic nitrogens is 2. The lowest BCUT2D eigenvalue weighted by Gasteiger charge is -2.22. The van der Waals surface area contributed by atoms with Crippen LogP contribution in [0.5, 0.6) is 0 Å². The highest BCUT2D eigenvalue weighted by Gasteiger charge is 2.21. The van der Waals surface area contributed by atoms with Gasteiger partial charge in [0.05, 0.1) is 24.5 Å². The largest absolute Gasteiger partial charge is 0.451 e. The molecule has 0 saturated heterocycles. The van der Waals surface area contributed by atoms with Gasteiger partial charge in [-0.1, -0.05) is 30.3 Å². The Balaban J connectivity index is 1.56. The number of nitrogens with zero attached hydrogens (tertiary/aromatic N) is 3. The zero-order valence-electron chi connectivity index (χ0n) is 15.9. The third-order valence-electron chi connectivity index (χ3n) is 4.94. The Morgan fingerprint density at radius 1 is 0.900 bits per heavy atom. The monoisotopic (exact) mass is 415 g/mol. The average Bonchev–Trinajstić information content (AvgIpc) is 3.56. The summed E-state index contributed by atoms with van der Waals surface area (Å²) in [6, 6.07) is 14.0. The fourth-order valence-electron chi connectivity index (χ4n) is 3.56. The normalized spacial score (nSPS) is 11.1. The maximum Gasteiger partial charge on any atom is 0.255 e. The average molecular weight is 415 g/mol. The number of carbonyl (C=O) groups excluding carboxylic acids is 1. The third-order valence-corrected chi connectivity index (χ3v) is 5.63. The molecule has 0 fully saturated rings. The molecule has 0 atom stereocenters. The Morgan fingerprint density at radius 3 is 2.23 bits per heavy atom. The quantitative estimate of drug-likeness (QED) is 0.372. The molecule has 2 aromatic carbocycles. The molecule has 0 aliphatic carbocycles. The van der Waals surface area contributed by atoms with E-state index in [0.29, 0.717) is 30.0 Å². The minimum absolute atomic E-state index is 0.103. The second-order valence-electron chi connectivity index (χ2n) is 6.84. The summed E-state index contributed by atoms with van der Waals surface area (Å²) in [6.45, 7) is 0.617. The van der Waals surface area contributed by atoms with Gasteiger partial charge in [0.15, 0.2) is 12.8 Å². The van der Waals surface area contributed by atoms with E-state index >= 15 is 0 Å². The lowest BCUT2D eigenvalue weighted by molar-refractivity contribution is 0.0727. The number of benzene rings is 2. The Hall–Kier alpha value is -3.71. The Labute approximate surface area is 176 Å². The van der Waals surface area contributed by atoms with E-state index in [1.165, 1.54) is 12.8 Å². The molecular weight excluding hydrogens is 398 g/mol. The summed E-state index contributed by atoms with van der Waals surface area (Å²) in [5.41, 5.74) is 4.24.